The van der Waals surface area contributed by atoms with Gasteiger partial charge in [-0.25, -0.2) is 15.0 Å². The zero-order chi connectivity index (χ0) is 28.9. The molecule has 41 heavy (non-hydrogen) atoms. The van der Waals surface area contributed by atoms with Crippen LogP contribution >= 0.6 is 22.9 Å². The van der Waals surface area contributed by atoms with Gasteiger partial charge in [0.15, 0.2) is 5.82 Å². The second kappa shape index (κ2) is 12.8. The third-order valence-electron chi connectivity index (χ3n) is 6.64. The number of anilines is 4. The highest BCUT2D eigenvalue weighted by atomic mass is 35.5. The lowest BCUT2D eigenvalue weighted by molar-refractivity contribution is 0.0398. The van der Waals surface area contributed by atoms with Gasteiger partial charge in [0.2, 0.25) is 5.95 Å². The highest BCUT2D eigenvalue weighted by molar-refractivity contribution is 7.18. The number of rotatable bonds is 10. The van der Waals surface area contributed by atoms with Crippen LogP contribution in [-0.2, 0) is 4.74 Å². The van der Waals surface area contributed by atoms with Gasteiger partial charge in [-0.05, 0) is 13.8 Å². The molecule has 5 rings (SSSR count). The number of hydrogen-bond acceptors (Lipinski definition) is 12. The van der Waals surface area contributed by atoms with Crippen LogP contribution in [0.5, 0.6) is 11.5 Å². The highest BCUT2D eigenvalue weighted by Gasteiger charge is 2.22. The number of hydrogen-bond donors (Lipinski definition) is 3. The normalized spacial score (nSPS) is 13.7. The molecule has 4 aromatic rings. The summed E-state index contributed by atoms with van der Waals surface area (Å²) >= 11 is 7.87. The van der Waals surface area contributed by atoms with Crippen LogP contribution < -0.4 is 25.4 Å². The van der Waals surface area contributed by atoms with Crippen LogP contribution in [0.25, 0.3) is 10.2 Å². The summed E-state index contributed by atoms with van der Waals surface area (Å²) in [4.78, 5) is 33.7. The summed E-state index contributed by atoms with van der Waals surface area (Å²) in [5.41, 5.74) is 2.75. The monoisotopic (exact) mass is 598 g/mol. The lowest BCUT2D eigenvalue weighted by Crippen LogP contribution is -2.39. The Morgan fingerprint density at radius 3 is 2.66 bits per heavy atom. The van der Waals surface area contributed by atoms with E-state index in [1.807, 2.05) is 19.9 Å². The Labute approximate surface area is 246 Å². The molecule has 216 valence electrons. The van der Waals surface area contributed by atoms with E-state index in [1.54, 1.807) is 18.6 Å². The second-order valence-electron chi connectivity index (χ2n) is 9.32. The van der Waals surface area contributed by atoms with Crippen LogP contribution in [0.15, 0.2) is 23.8 Å². The number of ether oxygens (including phenoxy) is 3. The van der Waals surface area contributed by atoms with Crippen molar-refractivity contribution >= 4 is 62.3 Å². The van der Waals surface area contributed by atoms with Crippen LogP contribution in [0.2, 0.25) is 5.02 Å². The maximum absolute atomic E-state index is 13.4. The van der Waals surface area contributed by atoms with E-state index in [1.165, 1.54) is 24.8 Å². The van der Waals surface area contributed by atoms with Crippen LogP contribution in [0.3, 0.4) is 0 Å². The quantitative estimate of drug-likeness (QED) is 0.238. The third-order valence-corrected chi connectivity index (χ3v) is 7.99. The Balaban J connectivity index is 1.34. The molecule has 3 aromatic heterocycles. The predicted octanol–water partition coefficient (Wildman–Crippen LogP) is 4.51. The fourth-order valence-corrected chi connectivity index (χ4v) is 5.75. The summed E-state index contributed by atoms with van der Waals surface area (Å²) in [6.45, 7) is 8.76. The predicted molar refractivity (Wildman–Crippen MR) is 160 cm³/mol. The number of morpholine rings is 1. The molecule has 3 N–H and O–H groups in total. The van der Waals surface area contributed by atoms with Crippen molar-refractivity contribution in [2.24, 2.45) is 0 Å². The number of thiophene rings is 1. The zero-order valence-electron chi connectivity index (χ0n) is 23.2. The van der Waals surface area contributed by atoms with Crippen LogP contribution in [0.4, 0.5) is 23.3 Å². The van der Waals surface area contributed by atoms with Crippen molar-refractivity contribution in [3.8, 4) is 11.5 Å². The molecule has 0 unspecified atom stereocenters. The van der Waals surface area contributed by atoms with Gasteiger partial charge in [-0.1, -0.05) is 11.6 Å². The number of nitrogens with zero attached hydrogens (tertiary/aromatic N) is 5. The molecule has 12 nitrogen and oxygen atoms in total. The molecule has 1 saturated heterocycles. The SMILES string of the molecule is COc1cc(OC)c(Cl)c(NC(=O)c2csc3c(Nc4nc(C)cc(NCCN5CCOCC5)n4)ncnc23)c1C. The maximum Gasteiger partial charge on any atom is 0.258 e. The number of benzene rings is 1. The summed E-state index contributed by atoms with van der Waals surface area (Å²) in [7, 11) is 3.05. The van der Waals surface area contributed by atoms with E-state index < -0.39 is 0 Å². The second-order valence-corrected chi connectivity index (χ2v) is 10.6. The number of halogens is 1. The fourth-order valence-electron chi connectivity index (χ4n) is 4.48. The van der Waals surface area contributed by atoms with E-state index in [-0.39, 0.29) is 10.9 Å². The largest absolute Gasteiger partial charge is 0.496 e. The zero-order valence-corrected chi connectivity index (χ0v) is 24.8. The molecule has 1 aromatic carbocycles. The molecule has 0 saturated carbocycles. The van der Waals surface area contributed by atoms with Crippen LogP contribution in [-0.4, -0.2) is 84.4 Å². The molecule has 1 fully saturated rings. The van der Waals surface area contributed by atoms with Gasteiger partial charge >= 0.3 is 0 Å². The van der Waals surface area contributed by atoms with Gasteiger partial charge < -0.3 is 30.2 Å². The first-order valence-corrected chi connectivity index (χ1v) is 14.2. The van der Waals surface area contributed by atoms with Gasteiger partial charge in [-0.2, -0.15) is 4.98 Å². The van der Waals surface area contributed by atoms with Crippen LogP contribution in [0, 0.1) is 13.8 Å². The molecule has 0 bridgehead atoms. The van der Waals surface area contributed by atoms with E-state index in [2.05, 4.69) is 40.8 Å². The molecule has 0 spiro atoms. The van der Waals surface area contributed by atoms with Gasteiger partial charge in [-0.3, -0.25) is 9.69 Å². The number of methoxy groups -OCH3 is 2. The van der Waals surface area contributed by atoms with Crippen molar-refractivity contribution in [3.63, 3.8) is 0 Å². The number of carbonyl (C=O) groups is 1. The van der Waals surface area contributed by atoms with E-state index in [4.69, 9.17) is 25.8 Å². The Bertz CT molecular complexity index is 1530. The highest BCUT2D eigenvalue weighted by Crippen LogP contribution is 2.41. The third kappa shape index (κ3) is 6.43. The Kier molecular flexibility index (Phi) is 8.98. The molecule has 0 atom stereocenters. The van der Waals surface area contributed by atoms with E-state index in [0.717, 1.165) is 45.1 Å². The van der Waals surface area contributed by atoms with Crippen molar-refractivity contribution in [3.05, 3.63) is 45.7 Å². The molecule has 1 aliphatic heterocycles. The minimum Gasteiger partial charge on any atom is -0.496 e. The lowest BCUT2D eigenvalue weighted by atomic mass is 10.1. The first-order chi connectivity index (χ1) is 19.9. The van der Waals surface area contributed by atoms with E-state index in [0.29, 0.717) is 56.1 Å². The topological polar surface area (TPSA) is 136 Å². The van der Waals surface area contributed by atoms with Gasteiger partial charge in [0, 0.05) is 54.9 Å². The number of aromatic nitrogens is 4. The molecular formula is C27H31ClN8O4S. The summed E-state index contributed by atoms with van der Waals surface area (Å²) < 4.78 is 16.9. The van der Waals surface area contributed by atoms with Gasteiger partial charge in [0.05, 0.1) is 48.9 Å². The van der Waals surface area contributed by atoms with Crippen molar-refractivity contribution in [2.75, 3.05) is 69.6 Å². The molecule has 1 aliphatic rings. The summed E-state index contributed by atoms with van der Waals surface area (Å²) in [6.07, 6.45) is 1.40. The number of aryl methyl sites for hydroxylation is 1. The minimum absolute atomic E-state index is 0.279. The standard InChI is InChI=1S/C27H31ClN8O4S/c1-15-11-20(29-5-6-36-7-9-40-10-8-36)33-27(32-15)35-25-24-23(30-14-31-25)17(13-41-24)26(37)34-22-16(2)18(38-3)12-19(39-4)21(22)28/h11-14H,5-10H2,1-4H3,(H,34,37)(H2,29,30,31,32,33,35). The maximum atomic E-state index is 13.4. The first-order valence-electron chi connectivity index (χ1n) is 13.0. The first kappa shape index (κ1) is 28.7. The number of amides is 1. The van der Waals surface area contributed by atoms with E-state index in [9.17, 15) is 4.79 Å². The number of carbonyl (C=O) groups excluding carboxylic acids is 1. The van der Waals surface area contributed by atoms with Crippen molar-refractivity contribution in [1.29, 1.82) is 0 Å². The minimum atomic E-state index is -0.375. The van der Waals surface area contributed by atoms with Crippen molar-refractivity contribution in [2.45, 2.75) is 13.8 Å². The number of fused-ring (bicyclic) bond motifs is 1. The summed E-state index contributed by atoms with van der Waals surface area (Å²) in [5.74, 6) is 2.16. The van der Waals surface area contributed by atoms with Crippen LogP contribution in [0.1, 0.15) is 21.6 Å². The van der Waals surface area contributed by atoms with E-state index >= 15 is 0 Å². The molecule has 14 heteroatoms. The fraction of sp³-hybridized carbons (Fsp3) is 0.370. The summed E-state index contributed by atoms with van der Waals surface area (Å²) in [5, 5.41) is 11.5. The van der Waals surface area contributed by atoms with Crippen molar-refractivity contribution in [1.82, 2.24) is 24.8 Å². The average molecular weight is 599 g/mol. The summed E-state index contributed by atoms with van der Waals surface area (Å²) in [6, 6.07) is 3.57. The Hall–Kier alpha value is -3.78. The Morgan fingerprint density at radius 1 is 1.12 bits per heavy atom. The molecule has 4 heterocycles. The van der Waals surface area contributed by atoms with Gasteiger partial charge in [0.1, 0.15) is 28.7 Å². The van der Waals surface area contributed by atoms with Gasteiger partial charge in [0.25, 0.3) is 5.91 Å². The van der Waals surface area contributed by atoms with Crippen molar-refractivity contribution < 1.29 is 19.0 Å². The van der Waals surface area contributed by atoms with Gasteiger partial charge in [-0.15, -0.1) is 11.3 Å². The molecule has 0 aliphatic carbocycles. The molecule has 0 radical (unpaired) electrons. The number of nitrogens with one attached hydrogen (secondary N) is 3. The smallest absolute Gasteiger partial charge is 0.258 e. The molecular weight excluding hydrogens is 568 g/mol. The molecule has 1 amide bonds. The Morgan fingerprint density at radius 2 is 1.90 bits per heavy atom. The lowest BCUT2D eigenvalue weighted by Gasteiger charge is -2.26. The average Bonchev–Trinajstić information content (AvgIpc) is 3.41.